The lowest BCUT2D eigenvalue weighted by molar-refractivity contribution is -0.137. The summed E-state index contributed by atoms with van der Waals surface area (Å²) in [5.74, 6) is -0.441. The maximum Gasteiger partial charge on any atom is 0.414 e. The first kappa shape index (κ1) is 32.4. The van der Waals surface area contributed by atoms with Crippen LogP contribution in [0.1, 0.15) is 19.4 Å². The van der Waals surface area contributed by atoms with Crippen molar-refractivity contribution in [3.8, 4) is 5.75 Å². The van der Waals surface area contributed by atoms with Crippen LogP contribution in [0, 0.1) is 0 Å². The molecule has 3 aromatic rings. The Morgan fingerprint density at radius 2 is 1.74 bits per heavy atom. The molecule has 0 fully saturated rings. The zero-order valence-corrected chi connectivity index (χ0v) is 25.4. The Bertz CT molecular complexity index is 1480. The van der Waals surface area contributed by atoms with E-state index in [1.807, 2.05) is 18.7 Å². The van der Waals surface area contributed by atoms with Crippen molar-refractivity contribution in [2.24, 2.45) is 0 Å². The van der Waals surface area contributed by atoms with Crippen LogP contribution in [0.5, 0.6) is 5.75 Å². The van der Waals surface area contributed by atoms with Gasteiger partial charge in [-0.2, -0.15) is 4.98 Å². The zero-order valence-electron chi connectivity index (χ0n) is 23.9. The number of carbonyl (C=O) groups excluding carboxylic acids is 1. The summed E-state index contributed by atoms with van der Waals surface area (Å²) in [6.07, 6.45) is 1.06. The summed E-state index contributed by atoms with van der Waals surface area (Å²) in [6, 6.07) is 11.7. The third-order valence-electron chi connectivity index (χ3n) is 6.22. The third-order valence-corrected chi connectivity index (χ3v) is 8.43. The molecule has 226 valence electrons. The van der Waals surface area contributed by atoms with E-state index in [9.17, 15) is 23.1 Å². The molecule has 0 saturated heterocycles. The summed E-state index contributed by atoms with van der Waals surface area (Å²) in [5, 5.41) is 16.2. The maximum atomic E-state index is 12.9. The van der Waals surface area contributed by atoms with Crippen molar-refractivity contribution >= 4 is 51.0 Å². The average Bonchev–Trinajstić information content (AvgIpc) is 2.95. The van der Waals surface area contributed by atoms with Gasteiger partial charge in [0.25, 0.3) is 0 Å². The van der Waals surface area contributed by atoms with Gasteiger partial charge in [-0.3, -0.25) is 0 Å². The van der Waals surface area contributed by atoms with Crippen LogP contribution in [-0.4, -0.2) is 86.0 Å². The highest BCUT2D eigenvalue weighted by molar-refractivity contribution is 7.91. The Kier molecular flexibility index (Phi) is 11.3. The molecule has 1 amide bonds. The Balaban J connectivity index is 1.81. The van der Waals surface area contributed by atoms with E-state index in [-0.39, 0.29) is 34.5 Å². The van der Waals surface area contributed by atoms with E-state index in [1.165, 1.54) is 23.2 Å². The van der Waals surface area contributed by atoms with Gasteiger partial charge in [0.2, 0.25) is 5.95 Å². The monoisotopic (exact) mass is 618 g/mol. The lowest BCUT2D eigenvalue weighted by Gasteiger charge is -2.22. The molecular weight excluding hydrogens is 584 g/mol. The van der Waals surface area contributed by atoms with Gasteiger partial charge in [0.05, 0.1) is 27.6 Å². The van der Waals surface area contributed by atoms with Crippen LogP contribution in [0.2, 0.25) is 5.02 Å². The molecule has 0 aliphatic heterocycles. The molecule has 3 N–H and O–H groups in total. The normalized spacial score (nSPS) is 11.8. The lowest BCUT2D eigenvalue weighted by atomic mass is 10.1. The molecule has 42 heavy (non-hydrogen) atoms. The fourth-order valence-corrected chi connectivity index (χ4v) is 5.61. The number of anilines is 3. The van der Waals surface area contributed by atoms with Gasteiger partial charge in [0.1, 0.15) is 11.8 Å². The predicted molar refractivity (Wildman–Crippen MR) is 162 cm³/mol. The average molecular weight is 619 g/mol. The van der Waals surface area contributed by atoms with Crippen molar-refractivity contribution in [2.45, 2.75) is 31.2 Å². The predicted octanol–water partition coefficient (Wildman–Crippen LogP) is 4.03. The standard InChI is InChI=1S/C28H35ClN6O6S/c1-5-35(6-2)27-31-18-23(30-15-16-42(39,40)24-10-8-7-9-21(24)29)25(33-27)32-22(26(36)37)17-19-11-13-20(14-12-19)41-28(38)34(3)4/h7-14,18,22,30H,5-6,15-17H2,1-4H3,(H,36,37)(H,31,32,33). The van der Waals surface area contributed by atoms with E-state index in [4.69, 9.17) is 16.3 Å². The zero-order chi connectivity index (χ0) is 30.9. The number of nitrogens with zero attached hydrogens (tertiary/aromatic N) is 4. The summed E-state index contributed by atoms with van der Waals surface area (Å²) in [5.41, 5.74) is 1.02. The van der Waals surface area contributed by atoms with E-state index in [1.54, 1.807) is 50.5 Å². The van der Waals surface area contributed by atoms with E-state index in [2.05, 4.69) is 20.6 Å². The van der Waals surface area contributed by atoms with Crippen molar-refractivity contribution < 1.29 is 27.9 Å². The summed E-state index contributed by atoms with van der Waals surface area (Å²) < 4.78 is 30.9. The van der Waals surface area contributed by atoms with Gasteiger partial charge in [-0.15, -0.1) is 0 Å². The number of carboxylic acids is 1. The largest absolute Gasteiger partial charge is 0.480 e. The highest BCUT2D eigenvalue weighted by Gasteiger charge is 2.23. The first-order valence-corrected chi connectivity index (χ1v) is 15.3. The van der Waals surface area contributed by atoms with E-state index in [0.717, 1.165) is 0 Å². The van der Waals surface area contributed by atoms with E-state index >= 15 is 0 Å². The molecule has 14 heteroatoms. The molecule has 0 radical (unpaired) electrons. The second-order valence-corrected chi connectivity index (χ2v) is 11.9. The smallest absolute Gasteiger partial charge is 0.414 e. The molecule has 0 bridgehead atoms. The Labute approximate surface area is 250 Å². The molecule has 0 aliphatic rings. The van der Waals surface area contributed by atoms with Gasteiger partial charge in [-0.1, -0.05) is 35.9 Å². The molecular formula is C28H35ClN6O6S. The first-order valence-electron chi connectivity index (χ1n) is 13.3. The van der Waals surface area contributed by atoms with Crippen molar-refractivity contribution in [3.05, 3.63) is 65.3 Å². The topological polar surface area (TPSA) is 154 Å². The van der Waals surface area contributed by atoms with Gasteiger partial charge < -0.3 is 30.3 Å². The maximum absolute atomic E-state index is 12.9. The van der Waals surface area contributed by atoms with Crippen molar-refractivity contribution in [2.75, 3.05) is 55.0 Å². The van der Waals surface area contributed by atoms with E-state index < -0.39 is 27.9 Å². The molecule has 0 aliphatic carbocycles. The van der Waals surface area contributed by atoms with E-state index in [0.29, 0.717) is 36.0 Å². The number of halogens is 1. The SMILES string of the molecule is CCN(CC)c1ncc(NCCS(=O)(=O)c2ccccc2Cl)c(NC(Cc2ccc(OC(=O)N(C)C)cc2)C(=O)O)n1. The van der Waals surface area contributed by atoms with Crippen LogP contribution < -0.4 is 20.3 Å². The van der Waals surface area contributed by atoms with Crippen molar-refractivity contribution in [1.82, 2.24) is 14.9 Å². The minimum atomic E-state index is -3.69. The number of hydrogen-bond donors (Lipinski definition) is 3. The van der Waals surface area contributed by atoms with Crippen molar-refractivity contribution in [1.29, 1.82) is 0 Å². The second kappa shape index (κ2) is 14.7. The van der Waals surface area contributed by atoms with Gasteiger partial charge >= 0.3 is 12.1 Å². The molecule has 1 atom stereocenters. The fourth-order valence-electron chi connectivity index (χ4n) is 3.88. The quantitative estimate of drug-likeness (QED) is 0.240. The number of carbonyl (C=O) groups is 2. The Morgan fingerprint density at radius 1 is 1.07 bits per heavy atom. The number of benzene rings is 2. The molecule has 0 saturated carbocycles. The van der Waals surface area contributed by atoms with Crippen LogP contribution in [0.25, 0.3) is 0 Å². The van der Waals surface area contributed by atoms with Gasteiger partial charge in [-0.25, -0.2) is 23.0 Å². The summed E-state index contributed by atoms with van der Waals surface area (Å²) in [4.78, 5) is 36.3. The summed E-state index contributed by atoms with van der Waals surface area (Å²) in [7, 11) is -0.551. The highest BCUT2D eigenvalue weighted by Crippen LogP contribution is 2.25. The van der Waals surface area contributed by atoms with Gasteiger partial charge in [0, 0.05) is 40.2 Å². The first-order chi connectivity index (χ1) is 19.9. The van der Waals surface area contributed by atoms with Crippen LogP contribution >= 0.6 is 11.6 Å². The number of nitrogens with one attached hydrogen (secondary N) is 2. The second-order valence-electron chi connectivity index (χ2n) is 9.43. The minimum absolute atomic E-state index is 0.00107. The summed E-state index contributed by atoms with van der Waals surface area (Å²) >= 11 is 6.09. The Morgan fingerprint density at radius 3 is 2.33 bits per heavy atom. The molecule has 1 unspecified atom stereocenters. The molecule has 2 aromatic carbocycles. The molecule has 3 rings (SSSR count). The number of ether oxygens (including phenoxy) is 1. The van der Waals surface area contributed by atoms with Gasteiger partial charge in [-0.05, 0) is 43.7 Å². The number of hydrogen-bond acceptors (Lipinski definition) is 10. The molecule has 12 nitrogen and oxygen atoms in total. The molecule has 1 aromatic heterocycles. The molecule has 1 heterocycles. The Hall–Kier alpha value is -4.10. The van der Waals surface area contributed by atoms with Crippen LogP contribution in [0.15, 0.2) is 59.6 Å². The van der Waals surface area contributed by atoms with Crippen LogP contribution in [0.4, 0.5) is 22.2 Å². The number of sulfone groups is 1. The molecule has 0 spiro atoms. The minimum Gasteiger partial charge on any atom is -0.480 e. The number of carboxylic acid groups (broad SMARTS) is 1. The summed E-state index contributed by atoms with van der Waals surface area (Å²) in [6.45, 7) is 5.16. The fraction of sp³-hybridized carbons (Fsp3) is 0.357. The van der Waals surface area contributed by atoms with Crippen LogP contribution in [0.3, 0.4) is 0 Å². The van der Waals surface area contributed by atoms with Crippen LogP contribution in [-0.2, 0) is 21.1 Å². The number of amides is 1. The number of aliphatic carboxylic acids is 1. The highest BCUT2D eigenvalue weighted by atomic mass is 35.5. The van der Waals surface area contributed by atoms with Crippen molar-refractivity contribution in [3.63, 3.8) is 0 Å². The number of rotatable bonds is 14. The number of aromatic nitrogens is 2. The van der Waals surface area contributed by atoms with Gasteiger partial charge in [0.15, 0.2) is 15.7 Å². The third kappa shape index (κ3) is 8.70. The lowest BCUT2D eigenvalue weighted by Crippen LogP contribution is -2.33.